The summed E-state index contributed by atoms with van der Waals surface area (Å²) in [5, 5.41) is 3.54. The number of anilines is 1. The number of aryl methyl sites for hydroxylation is 1. The maximum Gasteiger partial charge on any atom is 0.224 e. The summed E-state index contributed by atoms with van der Waals surface area (Å²) in [6.45, 7) is 2.08. The average molecular weight is 320 g/mol. The highest BCUT2D eigenvalue weighted by Gasteiger charge is 2.02. The molecule has 0 heterocycles. The lowest BCUT2D eigenvalue weighted by atomic mass is 10.2. The van der Waals surface area contributed by atoms with Crippen molar-refractivity contribution in [2.75, 3.05) is 11.1 Å². The van der Waals surface area contributed by atoms with Gasteiger partial charge in [-0.05, 0) is 55.5 Å². The van der Waals surface area contributed by atoms with Crippen LogP contribution in [-0.4, -0.2) is 11.7 Å². The van der Waals surface area contributed by atoms with Gasteiger partial charge in [0.25, 0.3) is 0 Å². The van der Waals surface area contributed by atoms with Crippen molar-refractivity contribution in [2.45, 2.75) is 24.7 Å². The quantitative estimate of drug-likeness (QED) is 0.588. The first kappa shape index (κ1) is 15.9. The van der Waals surface area contributed by atoms with Crippen molar-refractivity contribution in [2.24, 2.45) is 0 Å². The van der Waals surface area contributed by atoms with Crippen LogP contribution in [0, 0.1) is 6.92 Å². The molecule has 0 atom stereocenters. The Labute approximate surface area is 134 Å². The highest BCUT2D eigenvalue weighted by atomic mass is 35.5. The average Bonchev–Trinajstić information content (AvgIpc) is 2.48. The van der Waals surface area contributed by atoms with Gasteiger partial charge >= 0.3 is 0 Å². The van der Waals surface area contributed by atoms with Crippen molar-refractivity contribution in [3.63, 3.8) is 0 Å². The van der Waals surface area contributed by atoms with Gasteiger partial charge in [0.15, 0.2) is 0 Å². The lowest BCUT2D eigenvalue weighted by Crippen LogP contribution is -2.11. The van der Waals surface area contributed by atoms with E-state index in [2.05, 4.69) is 36.5 Å². The second-order valence-corrected chi connectivity index (χ2v) is 6.42. The Bertz CT molecular complexity index is 581. The molecule has 0 bridgehead atoms. The molecule has 0 aliphatic heterocycles. The van der Waals surface area contributed by atoms with Gasteiger partial charge in [0, 0.05) is 22.0 Å². The minimum absolute atomic E-state index is 0.0434. The molecule has 2 aromatic rings. The van der Waals surface area contributed by atoms with Gasteiger partial charge in [0.05, 0.1) is 0 Å². The molecule has 0 aliphatic rings. The van der Waals surface area contributed by atoms with Crippen LogP contribution in [0.3, 0.4) is 0 Å². The molecule has 0 saturated heterocycles. The summed E-state index contributed by atoms with van der Waals surface area (Å²) < 4.78 is 0. The molecular weight excluding hydrogens is 302 g/mol. The van der Waals surface area contributed by atoms with E-state index in [0.717, 1.165) is 17.9 Å². The molecule has 0 spiro atoms. The molecular formula is C17H18ClNOS. The van der Waals surface area contributed by atoms with Gasteiger partial charge in [0.2, 0.25) is 5.91 Å². The molecule has 0 unspecified atom stereocenters. The van der Waals surface area contributed by atoms with Crippen LogP contribution < -0.4 is 5.32 Å². The first-order valence-electron chi connectivity index (χ1n) is 6.88. The van der Waals surface area contributed by atoms with Gasteiger partial charge < -0.3 is 5.32 Å². The van der Waals surface area contributed by atoms with Gasteiger partial charge in [-0.3, -0.25) is 4.79 Å². The van der Waals surface area contributed by atoms with E-state index in [1.807, 2.05) is 0 Å². The maximum atomic E-state index is 11.8. The third-order valence-electron chi connectivity index (χ3n) is 2.97. The largest absolute Gasteiger partial charge is 0.326 e. The Hall–Kier alpha value is -1.45. The SMILES string of the molecule is Cc1ccc(SCCCC(=O)Nc2ccc(Cl)cc2)cc1. The number of nitrogens with one attached hydrogen (secondary N) is 1. The fourth-order valence-electron chi connectivity index (χ4n) is 1.81. The van der Waals surface area contributed by atoms with Gasteiger partial charge in [-0.15, -0.1) is 11.8 Å². The summed E-state index contributed by atoms with van der Waals surface area (Å²) in [4.78, 5) is 13.0. The normalized spacial score (nSPS) is 10.4. The van der Waals surface area contributed by atoms with Crippen LogP contribution in [0.25, 0.3) is 0 Å². The van der Waals surface area contributed by atoms with E-state index < -0.39 is 0 Å². The van der Waals surface area contributed by atoms with E-state index in [4.69, 9.17) is 11.6 Å². The number of halogens is 1. The zero-order valence-electron chi connectivity index (χ0n) is 11.9. The van der Waals surface area contributed by atoms with Crippen molar-refractivity contribution < 1.29 is 4.79 Å². The molecule has 110 valence electrons. The van der Waals surface area contributed by atoms with Gasteiger partial charge in [0.1, 0.15) is 0 Å². The maximum absolute atomic E-state index is 11.8. The zero-order chi connectivity index (χ0) is 15.1. The van der Waals surface area contributed by atoms with Crippen LogP contribution in [0.4, 0.5) is 5.69 Å². The van der Waals surface area contributed by atoms with Crippen LogP contribution >= 0.6 is 23.4 Å². The Morgan fingerprint density at radius 3 is 2.43 bits per heavy atom. The third kappa shape index (κ3) is 5.82. The summed E-state index contributed by atoms with van der Waals surface area (Å²) in [6, 6.07) is 15.6. The lowest BCUT2D eigenvalue weighted by Gasteiger charge is -2.05. The standard InChI is InChI=1S/C17H18ClNOS/c1-13-4-10-16(11-5-13)21-12-2-3-17(20)19-15-8-6-14(18)7-9-15/h4-11H,2-3,12H2,1H3,(H,19,20). The summed E-state index contributed by atoms with van der Waals surface area (Å²) in [5.74, 6) is 0.985. The van der Waals surface area contributed by atoms with Gasteiger partial charge in [-0.25, -0.2) is 0 Å². The van der Waals surface area contributed by atoms with Crippen molar-refractivity contribution in [1.82, 2.24) is 0 Å². The molecule has 0 aromatic heterocycles. The summed E-state index contributed by atoms with van der Waals surface area (Å²) in [5.41, 5.74) is 2.05. The first-order valence-corrected chi connectivity index (χ1v) is 8.25. The number of hydrogen-bond acceptors (Lipinski definition) is 2. The minimum Gasteiger partial charge on any atom is -0.326 e. The third-order valence-corrected chi connectivity index (χ3v) is 4.32. The van der Waals surface area contributed by atoms with Crippen molar-refractivity contribution in [1.29, 1.82) is 0 Å². The number of carbonyl (C=O) groups excluding carboxylic acids is 1. The monoisotopic (exact) mass is 319 g/mol. The molecule has 2 rings (SSSR count). The van der Waals surface area contributed by atoms with E-state index in [9.17, 15) is 4.79 Å². The Kier molecular flexibility index (Phi) is 6.15. The number of amides is 1. The molecule has 0 saturated carbocycles. The second-order valence-electron chi connectivity index (χ2n) is 4.82. The molecule has 2 nitrogen and oxygen atoms in total. The molecule has 0 fully saturated rings. The smallest absolute Gasteiger partial charge is 0.224 e. The van der Waals surface area contributed by atoms with Gasteiger partial charge in [-0.2, -0.15) is 0 Å². The van der Waals surface area contributed by atoms with Crippen molar-refractivity contribution in [3.05, 3.63) is 59.1 Å². The van der Waals surface area contributed by atoms with E-state index in [1.54, 1.807) is 36.0 Å². The fourth-order valence-corrected chi connectivity index (χ4v) is 2.79. The summed E-state index contributed by atoms with van der Waals surface area (Å²) in [7, 11) is 0. The molecule has 21 heavy (non-hydrogen) atoms. The number of carbonyl (C=O) groups is 1. The minimum atomic E-state index is 0.0434. The lowest BCUT2D eigenvalue weighted by molar-refractivity contribution is -0.116. The van der Waals surface area contributed by atoms with Crippen LogP contribution in [0.1, 0.15) is 18.4 Å². The number of rotatable bonds is 6. The van der Waals surface area contributed by atoms with Crippen LogP contribution in [0.5, 0.6) is 0 Å². The van der Waals surface area contributed by atoms with Crippen LogP contribution in [0.2, 0.25) is 5.02 Å². The topological polar surface area (TPSA) is 29.1 Å². The molecule has 2 aromatic carbocycles. The predicted octanol–water partition coefficient (Wildman–Crippen LogP) is 5.16. The predicted molar refractivity (Wildman–Crippen MR) is 91.2 cm³/mol. The Morgan fingerprint density at radius 2 is 1.76 bits per heavy atom. The molecule has 0 aliphatic carbocycles. The van der Waals surface area contributed by atoms with E-state index in [-0.39, 0.29) is 5.91 Å². The first-order chi connectivity index (χ1) is 10.1. The zero-order valence-corrected chi connectivity index (χ0v) is 13.5. The Balaban J connectivity index is 1.67. The van der Waals surface area contributed by atoms with E-state index in [0.29, 0.717) is 11.4 Å². The number of hydrogen-bond donors (Lipinski definition) is 1. The highest BCUT2D eigenvalue weighted by Crippen LogP contribution is 2.20. The molecule has 4 heteroatoms. The molecule has 0 radical (unpaired) electrons. The van der Waals surface area contributed by atoms with Gasteiger partial charge in [-0.1, -0.05) is 29.3 Å². The summed E-state index contributed by atoms with van der Waals surface area (Å²) in [6.07, 6.45) is 1.39. The van der Waals surface area contributed by atoms with Crippen LogP contribution in [-0.2, 0) is 4.79 Å². The summed E-state index contributed by atoms with van der Waals surface area (Å²) >= 11 is 7.59. The highest BCUT2D eigenvalue weighted by molar-refractivity contribution is 7.99. The van der Waals surface area contributed by atoms with E-state index in [1.165, 1.54) is 10.5 Å². The molecule has 1 amide bonds. The molecule has 1 N–H and O–H groups in total. The van der Waals surface area contributed by atoms with Crippen molar-refractivity contribution >= 4 is 35.0 Å². The van der Waals surface area contributed by atoms with Crippen LogP contribution in [0.15, 0.2) is 53.4 Å². The van der Waals surface area contributed by atoms with E-state index >= 15 is 0 Å². The Morgan fingerprint density at radius 1 is 1.10 bits per heavy atom. The van der Waals surface area contributed by atoms with Crippen molar-refractivity contribution in [3.8, 4) is 0 Å². The fraction of sp³-hybridized carbons (Fsp3) is 0.235. The number of benzene rings is 2. The second kappa shape index (κ2) is 8.11. The number of thioether (sulfide) groups is 1.